The highest BCUT2D eigenvalue weighted by molar-refractivity contribution is 5.99. The Morgan fingerprint density at radius 1 is 1.08 bits per heavy atom. The molecule has 26 heavy (non-hydrogen) atoms. The van der Waals surface area contributed by atoms with Gasteiger partial charge in [0.15, 0.2) is 0 Å². The molecule has 0 spiro atoms. The number of hydrogen-bond acceptors (Lipinski definition) is 3. The third-order valence-electron chi connectivity index (χ3n) is 4.00. The van der Waals surface area contributed by atoms with E-state index in [0.717, 1.165) is 0 Å². The summed E-state index contributed by atoms with van der Waals surface area (Å²) >= 11 is 0. The van der Waals surface area contributed by atoms with Crippen molar-refractivity contribution in [3.63, 3.8) is 0 Å². The molecule has 0 aliphatic carbocycles. The molecule has 0 aliphatic heterocycles. The lowest BCUT2D eigenvalue weighted by Crippen LogP contribution is -2.49. The van der Waals surface area contributed by atoms with Crippen LogP contribution in [0.2, 0.25) is 0 Å². The van der Waals surface area contributed by atoms with Gasteiger partial charge in [0.05, 0.1) is 12.7 Å². The van der Waals surface area contributed by atoms with Crippen LogP contribution in [0.1, 0.15) is 29.8 Å². The first-order valence-corrected chi connectivity index (χ1v) is 8.39. The molecule has 2 aromatic rings. The number of halogens is 1. The normalized spacial score (nSPS) is 11.7. The van der Waals surface area contributed by atoms with E-state index in [1.165, 1.54) is 13.2 Å². The van der Waals surface area contributed by atoms with E-state index < -0.39 is 11.9 Å². The monoisotopic (exact) mass is 358 g/mol. The molecule has 0 aromatic heterocycles. The summed E-state index contributed by atoms with van der Waals surface area (Å²) in [5, 5.41) is 5.42. The second-order valence-corrected chi connectivity index (χ2v) is 6.20. The Hall–Kier alpha value is -2.89. The Morgan fingerprint density at radius 3 is 2.38 bits per heavy atom. The molecule has 0 saturated heterocycles. The van der Waals surface area contributed by atoms with Crippen LogP contribution in [0.25, 0.3) is 0 Å². The summed E-state index contributed by atoms with van der Waals surface area (Å²) in [5.41, 5.74) is 0.738. The number of carbonyl (C=O) groups is 2. The van der Waals surface area contributed by atoms with Crippen LogP contribution in [-0.2, 0) is 11.3 Å². The highest BCUT2D eigenvalue weighted by Crippen LogP contribution is 2.17. The van der Waals surface area contributed by atoms with Crippen LogP contribution in [0.15, 0.2) is 48.5 Å². The Balaban J connectivity index is 2.07. The van der Waals surface area contributed by atoms with Gasteiger partial charge in [0.25, 0.3) is 5.91 Å². The molecule has 0 saturated carbocycles. The second-order valence-electron chi connectivity index (χ2n) is 6.20. The lowest BCUT2D eigenvalue weighted by atomic mass is 10.0. The highest BCUT2D eigenvalue weighted by atomic mass is 19.1. The minimum atomic E-state index is -0.751. The average molecular weight is 358 g/mol. The lowest BCUT2D eigenvalue weighted by Gasteiger charge is -2.22. The molecule has 0 unspecified atom stereocenters. The number of benzene rings is 2. The third kappa shape index (κ3) is 4.81. The molecule has 0 aliphatic rings. The molecular weight excluding hydrogens is 335 g/mol. The SMILES string of the molecule is COc1ccccc1C(=O)N[C@H](C(=O)NCc1ccccc1F)C(C)C. The Bertz CT molecular complexity index is 777. The van der Waals surface area contributed by atoms with Crippen molar-refractivity contribution in [2.45, 2.75) is 26.4 Å². The maximum atomic E-state index is 13.7. The van der Waals surface area contributed by atoms with Crippen molar-refractivity contribution in [1.29, 1.82) is 0 Å². The number of methoxy groups -OCH3 is 1. The van der Waals surface area contributed by atoms with Gasteiger partial charge >= 0.3 is 0 Å². The zero-order valence-electron chi connectivity index (χ0n) is 15.1. The van der Waals surface area contributed by atoms with Gasteiger partial charge in [-0.2, -0.15) is 0 Å². The molecule has 6 heteroatoms. The summed E-state index contributed by atoms with van der Waals surface area (Å²) in [6.07, 6.45) is 0. The van der Waals surface area contributed by atoms with Crippen LogP contribution in [0.5, 0.6) is 5.75 Å². The van der Waals surface area contributed by atoms with E-state index >= 15 is 0 Å². The van der Waals surface area contributed by atoms with Crippen molar-refractivity contribution in [3.05, 3.63) is 65.5 Å². The van der Waals surface area contributed by atoms with Crippen LogP contribution in [0.3, 0.4) is 0 Å². The lowest BCUT2D eigenvalue weighted by molar-refractivity contribution is -0.124. The predicted molar refractivity (Wildman–Crippen MR) is 97.3 cm³/mol. The molecule has 2 amide bonds. The maximum Gasteiger partial charge on any atom is 0.255 e. The summed E-state index contributed by atoms with van der Waals surface area (Å²) in [5.74, 6) is -0.866. The molecule has 2 rings (SSSR count). The van der Waals surface area contributed by atoms with E-state index in [1.54, 1.807) is 42.5 Å². The molecule has 0 heterocycles. The first-order valence-electron chi connectivity index (χ1n) is 8.39. The van der Waals surface area contributed by atoms with E-state index in [4.69, 9.17) is 4.74 Å². The van der Waals surface area contributed by atoms with E-state index in [1.807, 2.05) is 13.8 Å². The number of ether oxygens (including phenoxy) is 1. The first-order chi connectivity index (χ1) is 12.4. The third-order valence-corrected chi connectivity index (χ3v) is 4.00. The van der Waals surface area contributed by atoms with E-state index in [0.29, 0.717) is 16.9 Å². The summed E-state index contributed by atoms with van der Waals surface area (Å²) in [6, 6.07) is 12.3. The zero-order valence-corrected chi connectivity index (χ0v) is 15.1. The number of rotatable bonds is 7. The summed E-state index contributed by atoms with van der Waals surface area (Å²) in [7, 11) is 1.48. The van der Waals surface area contributed by atoms with E-state index in [-0.39, 0.29) is 24.2 Å². The van der Waals surface area contributed by atoms with Gasteiger partial charge in [0.1, 0.15) is 17.6 Å². The highest BCUT2D eigenvalue weighted by Gasteiger charge is 2.25. The molecule has 2 N–H and O–H groups in total. The van der Waals surface area contributed by atoms with Gasteiger partial charge in [-0.05, 0) is 24.1 Å². The Kier molecular flexibility index (Phi) is 6.72. The van der Waals surface area contributed by atoms with Gasteiger partial charge in [-0.15, -0.1) is 0 Å². The number of carbonyl (C=O) groups excluding carboxylic acids is 2. The molecule has 0 radical (unpaired) electrons. The fourth-order valence-electron chi connectivity index (χ4n) is 2.52. The molecular formula is C20H23FN2O3. The zero-order chi connectivity index (χ0) is 19.1. The van der Waals surface area contributed by atoms with Crippen LogP contribution in [0, 0.1) is 11.7 Å². The van der Waals surface area contributed by atoms with Gasteiger partial charge in [-0.3, -0.25) is 9.59 Å². The molecule has 0 bridgehead atoms. The average Bonchev–Trinajstić information content (AvgIpc) is 2.64. The van der Waals surface area contributed by atoms with Crippen molar-refractivity contribution in [1.82, 2.24) is 10.6 Å². The van der Waals surface area contributed by atoms with Crippen LogP contribution < -0.4 is 15.4 Å². The van der Waals surface area contributed by atoms with Crippen LogP contribution in [0.4, 0.5) is 4.39 Å². The van der Waals surface area contributed by atoms with Gasteiger partial charge in [-0.1, -0.05) is 44.2 Å². The summed E-state index contributed by atoms with van der Waals surface area (Å²) < 4.78 is 18.9. The largest absolute Gasteiger partial charge is 0.496 e. The van der Waals surface area contributed by atoms with E-state index in [9.17, 15) is 14.0 Å². The van der Waals surface area contributed by atoms with Gasteiger partial charge < -0.3 is 15.4 Å². The van der Waals surface area contributed by atoms with Crippen molar-refractivity contribution < 1.29 is 18.7 Å². The Morgan fingerprint density at radius 2 is 1.73 bits per heavy atom. The topological polar surface area (TPSA) is 67.4 Å². The minimum absolute atomic E-state index is 0.0548. The molecule has 5 nitrogen and oxygen atoms in total. The number of para-hydroxylation sites is 1. The number of amides is 2. The second kappa shape index (κ2) is 8.99. The first kappa shape index (κ1) is 19.4. The summed E-state index contributed by atoms with van der Waals surface area (Å²) in [4.78, 5) is 25.1. The standard InChI is InChI=1S/C20H23FN2O3/c1-13(2)18(20(25)22-12-14-8-4-6-10-16(14)21)23-19(24)15-9-5-7-11-17(15)26-3/h4-11,13,18H,12H2,1-3H3,(H,22,25)(H,23,24)/t18-/m0/s1. The van der Waals surface area contributed by atoms with Crippen LogP contribution in [-0.4, -0.2) is 25.0 Å². The van der Waals surface area contributed by atoms with Gasteiger partial charge in [-0.25, -0.2) is 4.39 Å². The summed E-state index contributed by atoms with van der Waals surface area (Å²) in [6.45, 7) is 3.71. The van der Waals surface area contributed by atoms with E-state index in [2.05, 4.69) is 10.6 Å². The van der Waals surface area contributed by atoms with Gasteiger partial charge in [0.2, 0.25) is 5.91 Å². The fraction of sp³-hybridized carbons (Fsp3) is 0.300. The predicted octanol–water partition coefficient (Wildman–Crippen LogP) is 2.91. The molecule has 1 atom stereocenters. The number of hydrogen-bond donors (Lipinski definition) is 2. The number of nitrogens with one attached hydrogen (secondary N) is 2. The van der Waals surface area contributed by atoms with Crippen LogP contribution >= 0.6 is 0 Å². The van der Waals surface area contributed by atoms with Crippen molar-refractivity contribution in [3.8, 4) is 5.75 Å². The Labute approximate surface area is 152 Å². The van der Waals surface area contributed by atoms with Crippen molar-refractivity contribution in [2.24, 2.45) is 5.92 Å². The molecule has 0 fully saturated rings. The van der Waals surface area contributed by atoms with Crippen molar-refractivity contribution in [2.75, 3.05) is 7.11 Å². The molecule has 2 aromatic carbocycles. The minimum Gasteiger partial charge on any atom is -0.496 e. The molecule has 138 valence electrons. The van der Waals surface area contributed by atoms with Gasteiger partial charge in [0, 0.05) is 12.1 Å². The quantitative estimate of drug-likeness (QED) is 0.800. The smallest absolute Gasteiger partial charge is 0.255 e. The fourth-order valence-corrected chi connectivity index (χ4v) is 2.52. The van der Waals surface area contributed by atoms with Crippen molar-refractivity contribution >= 4 is 11.8 Å². The maximum absolute atomic E-state index is 13.7.